The van der Waals surface area contributed by atoms with Gasteiger partial charge in [-0.1, -0.05) is 6.07 Å². The summed E-state index contributed by atoms with van der Waals surface area (Å²) in [6.45, 7) is 6.36. The van der Waals surface area contributed by atoms with Gasteiger partial charge in [-0.25, -0.2) is 18.2 Å². The number of hydrogen-bond acceptors (Lipinski definition) is 7. The molecular weight excluding hydrogens is 467 g/mol. The maximum absolute atomic E-state index is 12.7. The highest BCUT2D eigenvalue weighted by molar-refractivity contribution is 7.89. The Kier molecular flexibility index (Phi) is 8.32. The van der Waals surface area contributed by atoms with Gasteiger partial charge in [0, 0.05) is 38.9 Å². The number of aromatic nitrogens is 1. The van der Waals surface area contributed by atoms with Gasteiger partial charge < -0.3 is 14.6 Å². The lowest BCUT2D eigenvalue weighted by atomic mass is 9.77. The first-order valence-corrected chi connectivity index (χ1v) is 12.1. The fourth-order valence-electron chi connectivity index (χ4n) is 4.27. The Balaban J connectivity index is 0.000000383. The van der Waals surface area contributed by atoms with E-state index >= 15 is 0 Å². The molecular formula is C20H28F3N3O6S. The second-order valence-electron chi connectivity index (χ2n) is 8.43. The SMILES string of the molecule is O=C(O)C(F)(F)F.O=S(=O)(c1ccccn1)N1CCC2(CC1)COC(CN1CCOCC1)C2. The number of carboxylic acids is 1. The highest BCUT2D eigenvalue weighted by atomic mass is 32.2. The summed E-state index contributed by atoms with van der Waals surface area (Å²) >= 11 is 0. The van der Waals surface area contributed by atoms with Crippen molar-refractivity contribution in [3.05, 3.63) is 24.4 Å². The molecule has 0 aromatic carbocycles. The smallest absolute Gasteiger partial charge is 0.475 e. The van der Waals surface area contributed by atoms with Gasteiger partial charge in [0.25, 0.3) is 10.0 Å². The number of nitrogens with zero attached hydrogens (tertiary/aromatic N) is 3. The molecule has 1 unspecified atom stereocenters. The molecule has 0 radical (unpaired) electrons. The van der Waals surface area contributed by atoms with Crippen LogP contribution in [0.15, 0.2) is 29.4 Å². The molecule has 0 aliphatic carbocycles. The van der Waals surface area contributed by atoms with Gasteiger partial charge >= 0.3 is 12.1 Å². The lowest BCUT2D eigenvalue weighted by molar-refractivity contribution is -0.192. The molecule has 4 heterocycles. The Bertz CT molecular complexity index is 886. The summed E-state index contributed by atoms with van der Waals surface area (Å²) in [4.78, 5) is 15.3. The maximum atomic E-state index is 12.7. The molecule has 4 rings (SSSR count). The van der Waals surface area contributed by atoms with E-state index in [0.29, 0.717) is 13.1 Å². The summed E-state index contributed by atoms with van der Waals surface area (Å²) in [5.41, 5.74) is 0.132. The van der Waals surface area contributed by atoms with E-state index in [-0.39, 0.29) is 16.5 Å². The van der Waals surface area contributed by atoms with Crippen molar-refractivity contribution in [3.8, 4) is 0 Å². The number of aliphatic carboxylic acids is 1. The second-order valence-corrected chi connectivity index (χ2v) is 10.3. The van der Waals surface area contributed by atoms with Crippen LogP contribution >= 0.6 is 0 Å². The predicted molar refractivity (Wildman–Crippen MR) is 110 cm³/mol. The third-order valence-electron chi connectivity index (χ3n) is 6.12. The van der Waals surface area contributed by atoms with Crippen LogP contribution in [0.1, 0.15) is 19.3 Å². The van der Waals surface area contributed by atoms with E-state index < -0.39 is 22.2 Å². The number of piperidine rings is 1. The monoisotopic (exact) mass is 495 g/mol. The molecule has 9 nitrogen and oxygen atoms in total. The minimum Gasteiger partial charge on any atom is -0.475 e. The van der Waals surface area contributed by atoms with Crippen LogP contribution < -0.4 is 0 Å². The number of hydrogen-bond donors (Lipinski definition) is 1. The van der Waals surface area contributed by atoms with Gasteiger partial charge in [0.1, 0.15) is 0 Å². The Hall–Kier alpha value is -1.80. The number of ether oxygens (including phenoxy) is 2. The molecule has 13 heteroatoms. The van der Waals surface area contributed by atoms with Gasteiger partial charge in [-0.05, 0) is 36.8 Å². The molecule has 3 fully saturated rings. The zero-order valence-corrected chi connectivity index (χ0v) is 18.9. The normalized spacial score (nSPS) is 24.3. The van der Waals surface area contributed by atoms with E-state index in [1.54, 1.807) is 22.5 Å². The highest BCUT2D eigenvalue weighted by Gasteiger charge is 2.45. The zero-order chi connectivity index (χ0) is 24.1. The average molecular weight is 496 g/mol. The maximum Gasteiger partial charge on any atom is 0.490 e. The molecule has 3 aliphatic heterocycles. The summed E-state index contributed by atoms with van der Waals surface area (Å²) in [5, 5.41) is 7.27. The minimum atomic E-state index is -5.08. The predicted octanol–water partition coefficient (Wildman–Crippen LogP) is 1.61. The van der Waals surface area contributed by atoms with E-state index in [1.165, 1.54) is 6.20 Å². The molecule has 1 aromatic heterocycles. The number of carbonyl (C=O) groups is 1. The first-order valence-electron chi connectivity index (χ1n) is 10.6. The fourth-order valence-corrected chi connectivity index (χ4v) is 5.64. The molecule has 3 saturated heterocycles. The third kappa shape index (κ3) is 6.85. The Labute approximate surface area is 190 Å². The molecule has 3 aliphatic rings. The van der Waals surface area contributed by atoms with E-state index in [1.807, 2.05) is 0 Å². The van der Waals surface area contributed by atoms with Crippen LogP contribution in [-0.4, -0.2) is 98.5 Å². The van der Waals surface area contributed by atoms with E-state index in [4.69, 9.17) is 19.4 Å². The van der Waals surface area contributed by atoms with Crippen molar-refractivity contribution in [2.75, 3.05) is 52.5 Å². The van der Waals surface area contributed by atoms with Gasteiger partial charge in [0.15, 0.2) is 5.03 Å². The summed E-state index contributed by atoms with van der Waals surface area (Å²) < 4.78 is 70.3. The van der Waals surface area contributed by atoms with Crippen LogP contribution in [0, 0.1) is 5.41 Å². The van der Waals surface area contributed by atoms with Crippen molar-refractivity contribution in [2.45, 2.75) is 36.6 Å². The lowest BCUT2D eigenvalue weighted by Crippen LogP contribution is -2.44. The van der Waals surface area contributed by atoms with E-state index in [0.717, 1.165) is 58.7 Å². The van der Waals surface area contributed by atoms with Crippen LogP contribution in [0.3, 0.4) is 0 Å². The number of carboxylic acid groups (broad SMARTS) is 1. The van der Waals surface area contributed by atoms with Crippen molar-refractivity contribution >= 4 is 16.0 Å². The fraction of sp³-hybridized carbons (Fsp3) is 0.700. The van der Waals surface area contributed by atoms with Crippen LogP contribution in [-0.2, 0) is 24.3 Å². The third-order valence-corrected chi connectivity index (χ3v) is 7.93. The number of morpholine rings is 1. The molecule has 0 saturated carbocycles. The average Bonchev–Trinajstić information content (AvgIpc) is 3.17. The van der Waals surface area contributed by atoms with Gasteiger partial charge in [-0.3, -0.25) is 4.90 Å². The molecule has 0 amide bonds. The van der Waals surface area contributed by atoms with Crippen LogP contribution in [0.5, 0.6) is 0 Å². The van der Waals surface area contributed by atoms with E-state index in [2.05, 4.69) is 9.88 Å². The van der Waals surface area contributed by atoms with Gasteiger partial charge in [0.2, 0.25) is 0 Å². The summed E-state index contributed by atoms with van der Waals surface area (Å²) in [7, 11) is -3.49. The number of halogens is 3. The van der Waals surface area contributed by atoms with Crippen LogP contribution in [0.25, 0.3) is 0 Å². The van der Waals surface area contributed by atoms with Gasteiger partial charge in [-0.2, -0.15) is 17.5 Å². The second kappa shape index (κ2) is 10.6. The molecule has 33 heavy (non-hydrogen) atoms. The van der Waals surface area contributed by atoms with Crippen molar-refractivity contribution < 1.29 is 41.0 Å². The Morgan fingerprint density at radius 1 is 1.18 bits per heavy atom. The number of alkyl halides is 3. The first-order chi connectivity index (χ1) is 15.5. The first kappa shape index (κ1) is 25.8. The zero-order valence-electron chi connectivity index (χ0n) is 18.0. The number of pyridine rings is 1. The molecule has 186 valence electrons. The molecule has 1 spiro atoms. The quantitative estimate of drug-likeness (QED) is 0.671. The molecule has 1 N–H and O–H groups in total. The van der Waals surface area contributed by atoms with Crippen molar-refractivity contribution in [2.24, 2.45) is 5.41 Å². The summed E-state index contributed by atoms with van der Waals surface area (Å²) in [6.07, 6.45) is -0.550. The molecule has 1 aromatic rings. The van der Waals surface area contributed by atoms with Crippen LogP contribution in [0.2, 0.25) is 0 Å². The van der Waals surface area contributed by atoms with Crippen molar-refractivity contribution in [3.63, 3.8) is 0 Å². The van der Waals surface area contributed by atoms with Crippen LogP contribution in [0.4, 0.5) is 13.2 Å². The van der Waals surface area contributed by atoms with Gasteiger partial charge in [-0.15, -0.1) is 0 Å². The molecule has 1 atom stereocenters. The lowest BCUT2D eigenvalue weighted by Gasteiger charge is -2.37. The molecule has 0 bridgehead atoms. The Morgan fingerprint density at radius 3 is 2.36 bits per heavy atom. The summed E-state index contributed by atoms with van der Waals surface area (Å²) in [5.74, 6) is -2.76. The number of sulfonamides is 1. The van der Waals surface area contributed by atoms with Crippen molar-refractivity contribution in [1.82, 2.24) is 14.2 Å². The van der Waals surface area contributed by atoms with E-state index in [9.17, 15) is 21.6 Å². The largest absolute Gasteiger partial charge is 0.490 e. The van der Waals surface area contributed by atoms with Gasteiger partial charge in [0.05, 0.1) is 25.9 Å². The Morgan fingerprint density at radius 2 is 1.82 bits per heavy atom. The standard InChI is InChI=1S/C18H27N3O4S.C2HF3O2/c22-26(23,17-3-1-2-6-19-17)21-7-4-18(5-8-21)13-16(25-15-18)14-20-9-11-24-12-10-20;3-2(4,5)1(6)7/h1-3,6,16H,4-5,7-15H2;(H,6,7). The minimum absolute atomic E-state index is 0.132. The topological polar surface area (TPSA) is 109 Å². The highest BCUT2D eigenvalue weighted by Crippen LogP contribution is 2.43. The number of rotatable bonds is 4. The van der Waals surface area contributed by atoms with Crippen molar-refractivity contribution in [1.29, 1.82) is 0 Å². The summed E-state index contributed by atoms with van der Waals surface area (Å²) in [6, 6.07) is 5.01.